The van der Waals surface area contributed by atoms with Gasteiger partial charge in [0.05, 0.1) is 17.1 Å². The zero-order valence-electron chi connectivity index (χ0n) is 13.1. The number of rotatable bonds is 7. The molecule has 0 aliphatic rings. The lowest BCUT2D eigenvalue weighted by Crippen LogP contribution is -2.37. The summed E-state index contributed by atoms with van der Waals surface area (Å²) in [6, 6.07) is 1.39. The van der Waals surface area contributed by atoms with Gasteiger partial charge in [0.2, 0.25) is 10.0 Å². The summed E-state index contributed by atoms with van der Waals surface area (Å²) < 4.78 is 81.9. The average molecular weight is 371 g/mol. The summed E-state index contributed by atoms with van der Waals surface area (Å²) in [6.07, 6.45) is -4.71. The van der Waals surface area contributed by atoms with Crippen molar-refractivity contribution in [2.45, 2.75) is 31.3 Å². The first-order chi connectivity index (χ1) is 11.0. The highest BCUT2D eigenvalue weighted by atomic mass is 32.2. The van der Waals surface area contributed by atoms with Crippen molar-refractivity contribution in [1.82, 2.24) is 4.31 Å². The number of carbonyl (C=O) groups excluding carboxylic acids is 1. The highest BCUT2D eigenvalue weighted by Gasteiger charge is 2.36. The first-order valence-corrected chi connectivity index (χ1v) is 8.50. The van der Waals surface area contributed by atoms with E-state index in [0.717, 1.165) is 6.07 Å². The molecule has 0 saturated heterocycles. The highest BCUT2D eigenvalue weighted by Crippen LogP contribution is 2.33. The van der Waals surface area contributed by atoms with Gasteiger partial charge in [-0.1, -0.05) is 6.92 Å². The second-order valence-corrected chi connectivity index (χ2v) is 6.72. The Morgan fingerprint density at radius 1 is 1.25 bits per heavy atom. The SMILES string of the molecule is CCCN(CC(=O)OCC)S(=O)(=O)c1ccc(F)c(C(F)(F)F)c1. The van der Waals surface area contributed by atoms with E-state index in [4.69, 9.17) is 0 Å². The van der Waals surface area contributed by atoms with Crippen molar-refractivity contribution in [3.8, 4) is 0 Å². The molecule has 0 aliphatic carbocycles. The Labute approximate surface area is 137 Å². The van der Waals surface area contributed by atoms with E-state index in [-0.39, 0.29) is 19.2 Å². The van der Waals surface area contributed by atoms with Crippen molar-refractivity contribution in [2.24, 2.45) is 0 Å². The molecule has 0 saturated carbocycles. The number of carbonyl (C=O) groups is 1. The van der Waals surface area contributed by atoms with Crippen molar-refractivity contribution >= 4 is 16.0 Å². The molecule has 0 bridgehead atoms. The van der Waals surface area contributed by atoms with Gasteiger partial charge in [-0.2, -0.15) is 17.5 Å². The molecule has 1 aromatic rings. The van der Waals surface area contributed by atoms with Gasteiger partial charge in [-0.3, -0.25) is 4.79 Å². The second-order valence-electron chi connectivity index (χ2n) is 4.78. The largest absolute Gasteiger partial charge is 0.465 e. The minimum absolute atomic E-state index is 0.0353. The van der Waals surface area contributed by atoms with Gasteiger partial charge in [0.25, 0.3) is 0 Å². The van der Waals surface area contributed by atoms with Crippen LogP contribution in [0.4, 0.5) is 17.6 Å². The van der Waals surface area contributed by atoms with E-state index in [0.29, 0.717) is 16.8 Å². The van der Waals surface area contributed by atoms with Gasteiger partial charge in [-0.25, -0.2) is 12.8 Å². The zero-order chi connectivity index (χ0) is 18.5. The molecule has 0 radical (unpaired) electrons. The normalized spacial score (nSPS) is 12.5. The first kappa shape index (κ1) is 20.4. The van der Waals surface area contributed by atoms with Crippen molar-refractivity contribution in [3.63, 3.8) is 0 Å². The van der Waals surface area contributed by atoms with Crippen molar-refractivity contribution < 1.29 is 35.5 Å². The number of alkyl halides is 3. The van der Waals surface area contributed by atoms with Crippen LogP contribution in [0, 0.1) is 5.82 Å². The molecule has 0 heterocycles. The highest BCUT2D eigenvalue weighted by molar-refractivity contribution is 7.89. The van der Waals surface area contributed by atoms with Crippen LogP contribution in [0.15, 0.2) is 23.1 Å². The van der Waals surface area contributed by atoms with Gasteiger partial charge in [-0.05, 0) is 31.5 Å². The van der Waals surface area contributed by atoms with Crippen LogP contribution in [0.1, 0.15) is 25.8 Å². The summed E-state index contributed by atoms with van der Waals surface area (Å²) in [5.41, 5.74) is -1.68. The molecule has 0 atom stereocenters. The molecule has 1 aromatic carbocycles. The van der Waals surface area contributed by atoms with Crippen molar-refractivity contribution in [3.05, 3.63) is 29.6 Å². The number of sulfonamides is 1. The summed E-state index contributed by atoms with van der Waals surface area (Å²) in [6.45, 7) is 2.47. The number of nitrogens with zero attached hydrogens (tertiary/aromatic N) is 1. The second kappa shape index (κ2) is 7.93. The smallest absolute Gasteiger partial charge is 0.419 e. The van der Waals surface area contributed by atoms with E-state index < -0.39 is 45.0 Å². The summed E-state index contributed by atoms with van der Waals surface area (Å²) in [5, 5.41) is 0. The summed E-state index contributed by atoms with van der Waals surface area (Å²) in [5.74, 6) is -2.40. The van der Waals surface area contributed by atoms with E-state index in [2.05, 4.69) is 4.74 Å². The Morgan fingerprint density at radius 3 is 2.38 bits per heavy atom. The van der Waals surface area contributed by atoms with E-state index in [1.165, 1.54) is 6.92 Å². The van der Waals surface area contributed by atoms with Crippen LogP contribution in [0.2, 0.25) is 0 Å². The molecule has 0 unspecified atom stereocenters. The number of halogens is 4. The van der Waals surface area contributed by atoms with Gasteiger partial charge in [-0.15, -0.1) is 0 Å². The van der Waals surface area contributed by atoms with Crippen LogP contribution in [-0.4, -0.2) is 38.4 Å². The molecule has 0 fully saturated rings. The number of hydrogen-bond donors (Lipinski definition) is 0. The molecule has 136 valence electrons. The Morgan fingerprint density at radius 2 is 1.88 bits per heavy atom. The minimum Gasteiger partial charge on any atom is -0.465 e. The first-order valence-electron chi connectivity index (χ1n) is 7.06. The number of esters is 1. The minimum atomic E-state index is -5.04. The standard InChI is InChI=1S/C14H17F4NO4S/c1-3-7-19(9-13(20)23-4-2)24(21,22)10-5-6-12(15)11(8-10)14(16,17)18/h5-6,8H,3-4,7,9H2,1-2H3. The molecular formula is C14H17F4NO4S. The third kappa shape index (κ3) is 4.91. The Kier molecular flexibility index (Phi) is 6.73. The molecule has 0 N–H and O–H groups in total. The zero-order valence-corrected chi connectivity index (χ0v) is 13.9. The van der Waals surface area contributed by atoms with E-state index in [9.17, 15) is 30.8 Å². The van der Waals surface area contributed by atoms with Crippen LogP contribution < -0.4 is 0 Å². The third-order valence-electron chi connectivity index (χ3n) is 2.96. The topological polar surface area (TPSA) is 63.7 Å². The Bertz CT molecular complexity index is 689. The maximum absolute atomic E-state index is 13.3. The van der Waals surface area contributed by atoms with Gasteiger partial charge < -0.3 is 4.74 Å². The molecule has 0 aliphatic heterocycles. The van der Waals surface area contributed by atoms with Crippen LogP contribution in [0.5, 0.6) is 0 Å². The molecule has 0 aromatic heterocycles. The van der Waals surface area contributed by atoms with Gasteiger partial charge in [0.1, 0.15) is 12.4 Å². The molecule has 5 nitrogen and oxygen atoms in total. The number of benzene rings is 1. The van der Waals surface area contributed by atoms with Crippen LogP contribution >= 0.6 is 0 Å². The van der Waals surface area contributed by atoms with Crippen molar-refractivity contribution in [1.29, 1.82) is 0 Å². The fourth-order valence-corrected chi connectivity index (χ4v) is 3.42. The lowest BCUT2D eigenvalue weighted by atomic mass is 10.2. The molecule has 0 spiro atoms. The maximum atomic E-state index is 13.3. The maximum Gasteiger partial charge on any atom is 0.419 e. The van der Waals surface area contributed by atoms with E-state index in [1.54, 1.807) is 6.92 Å². The Balaban J connectivity index is 3.27. The van der Waals surface area contributed by atoms with Gasteiger partial charge in [0, 0.05) is 6.54 Å². The summed E-state index contributed by atoms with van der Waals surface area (Å²) in [7, 11) is -4.41. The van der Waals surface area contributed by atoms with E-state index >= 15 is 0 Å². The molecular weight excluding hydrogens is 354 g/mol. The molecule has 1 rings (SSSR count). The predicted octanol–water partition coefficient (Wildman–Crippen LogP) is 2.81. The third-order valence-corrected chi connectivity index (χ3v) is 4.81. The number of ether oxygens (including phenoxy) is 1. The monoisotopic (exact) mass is 371 g/mol. The fraction of sp³-hybridized carbons (Fsp3) is 0.500. The van der Waals surface area contributed by atoms with Gasteiger partial charge in [0.15, 0.2) is 0 Å². The number of hydrogen-bond acceptors (Lipinski definition) is 4. The molecule has 0 amide bonds. The lowest BCUT2D eigenvalue weighted by Gasteiger charge is -2.21. The quantitative estimate of drug-likeness (QED) is 0.546. The fourth-order valence-electron chi connectivity index (χ4n) is 1.92. The van der Waals surface area contributed by atoms with E-state index in [1.807, 2.05) is 0 Å². The predicted molar refractivity (Wildman–Crippen MR) is 77.1 cm³/mol. The average Bonchev–Trinajstić information content (AvgIpc) is 2.46. The summed E-state index contributed by atoms with van der Waals surface area (Å²) >= 11 is 0. The van der Waals surface area contributed by atoms with Crippen LogP contribution in [0.25, 0.3) is 0 Å². The lowest BCUT2D eigenvalue weighted by molar-refractivity contribution is -0.143. The molecule has 24 heavy (non-hydrogen) atoms. The van der Waals surface area contributed by atoms with Crippen molar-refractivity contribution in [2.75, 3.05) is 19.7 Å². The van der Waals surface area contributed by atoms with Gasteiger partial charge >= 0.3 is 12.1 Å². The van der Waals surface area contributed by atoms with Crippen LogP contribution in [-0.2, 0) is 25.7 Å². The van der Waals surface area contributed by atoms with Crippen LogP contribution in [0.3, 0.4) is 0 Å². The molecule has 10 heteroatoms. The summed E-state index contributed by atoms with van der Waals surface area (Å²) in [4.78, 5) is 10.8. The Hall–Kier alpha value is -1.68.